The van der Waals surface area contributed by atoms with Crippen LogP contribution in [0, 0.1) is 0 Å². The van der Waals surface area contributed by atoms with Crippen LogP contribution in [-0.4, -0.2) is 27.0 Å². The van der Waals surface area contributed by atoms with Crippen molar-refractivity contribution in [2.45, 2.75) is 25.6 Å². The zero-order valence-corrected chi connectivity index (χ0v) is 13.9. The van der Waals surface area contributed by atoms with Crippen LogP contribution in [0.5, 0.6) is 5.88 Å². The minimum atomic E-state index is -0.00298. The lowest BCUT2D eigenvalue weighted by Crippen LogP contribution is -2.05. The summed E-state index contributed by atoms with van der Waals surface area (Å²) < 4.78 is 11.5. The van der Waals surface area contributed by atoms with Gasteiger partial charge in [0.2, 0.25) is 5.88 Å². The van der Waals surface area contributed by atoms with Gasteiger partial charge >= 0.3 is 0 Å². The zero-order valence-electron chi connectivity index (χ0n) is 13.9. The Bertz CT molecular complexity index is 856. The predicted octanol–water partition coefficient (Wildman–Crippen LogP) is 3.15. The highest BCUT2D eigenvalue weighted by molar-refractivity contribution is 5.68. The van der Waals surface area contributed by atoms with E-state index >= 15 is 0 Å². The second-order valence-corrected chi connectivity index (χ2v) is 5.87. The molecule has 0 spiro atoms. The Hall–Kier alpha value is -2.86. The Kier molecular flexibility index (Phi) is 4.35. The van der Waals surface area contributed by atoms with E-state index in [4.69, 9.17) is 14.5 Å². The van der Waals surface area contributed by atoms with Crippen LogP contribution < -0.4 is 4.74 Å². The standard InChI is InChI=1S/C19H18N4O2/c1-24-17-6-5-15-16(13-9-20-12-21-10-13)8-18(23-19(15)17)25-11-14-4-2-3-7-22-14/h2-4,7-10,12,17H,5-6,11H2,1H3. The lowest BCUT2D eigenvalue weighted by atomic mass is 10.0. The van der Waals surface area contributed by atoms with Gasteiger partial charge in [0.05, 0.1) is 17.5 Å². The monoisotopic (exact) mass is 334 g/mol. The third kappa shape index (κ3) is 3.21. The topological polar surface area (TPSA) is 70.0 Å². The van der Waals surface area contributed by atoms with E-state index in [1.54, 1.807) is 13.3 Å². The van der Waals surface area contributed by atoms with Gasteiger partial charge in [0.15, 0.2) is 0 Å². The minimum Gasteiger partial charge on any atom is -0.471 e. The SMILES string of the molecule is COC1CCc2c(-c3cncnc3)cc(OCc3ccccn3)nc21. The molecular formula is C19H18N4O2. The number of rotatable bonds is 5. The summed E-state index contributed by atoms with van der Waals surface area (Å²) in [5, 5.41) is 0. The Morgan fingerprint density at radius 3 is 2.84 bits per heavy atom. The fourth-order valence-corrected chi connectivity index (χ4v) is 3.14. The Labute approximate surface area is 145 Å². The number of hydrogen-bond donors (Lipinski definition) is 0. The van der Waals surface area contributed by atoms with Gasteiger partial charge in [0, 0.05) is 37.3 Å². The van der Waals surface area contributed by atoms with Crippen LogP contribution in [0.25, 0.3) is 11.1 Å². The maximum Gasteiger partial charge on any atom is 0.214 e. The molecule has 126 valence electrons. The smallest absolute Gasteiger partial charge is 0.214 e. The fourth-order valence-electron chi connectivity index (χ4n) is 3.14. The van der Waals surface area contributed by atoms with Crippen molar-refractivity contribution in [1.29, 1.82) is 0 Å². The van der Waals surface area contributed by atoms with Crippen molar-refractivity contribution in [1.82, 2.24) is 19.9 Å². The molecule has 3 heterocycles. The molecule has 0 radical (unpaired) electrons. The molecule has 3 aromatic heterocycles. The van der Waals surface area contributed by atoms with Crippen molar-refractivity contribution < 1.29 is 9.47 Å². The van der Waals surface area contributed by atoms with Crippen molar-refractivity contribution in [3.05, 3.63) is 66.1 Å². The van der Waals surface area contributed by atoms with Crippen molar-refractivity contribution >= 4 is 0 Å². The normalized spacial score (nSPS) is 15.8. The largest absolute Gasteiger partial charge is 0.471 e. The van der Waals surface area contributed by atoms with Gasteiger partial charge in [0.25, 0.3) is 0 Å². The first-order chi connectivity index (χ1) is 12.3. The quantitative estimate of drug-likeness (QED) is 0.714. The minimum absolute atomic E-state index is 0.00298. The van der Waals surface area contributed by atoms with Gasteiger partial charge in [-0.1, -0.05) is 6.07 Å². The highest BCUT2D eigenvalue weighted by Gasteiger charge is 2.28. The van der Waals surface area contributed by atoms with E-state index in [2.05, 4.69) is 15.0 Å². The highest BCUT2D eigenvalue weighted by Crippen LogP contribution is 2.39. The maximum atomic E-state index is 5.90. The van der Waals surface area contributed by atoms with Gasteiger partial charge in [-0.2, -0.15) is 0 Å². The summed E-state index contributed by atoms with van der Waals surface area (Å²) in [7, 11) is 1.72. The van der Waals surface area contributed by atoms with Crippen LogP contribution in [0.2, 0.25) is 0 Å². The van der Waals surface area contributed by atoms with Crippen LogP contribution in [-0.2, 0) is 17.8 Å². The van der Waals surface area contributed by atoms with Gasteiger partial charge in [-0.3, -0.25) is 4.98 Å². The third-order valence-corrected chi connectivity index (χ3v) is 4.34. The maximum absolute atomic E-state index is 5.90. The number of ether oxygens (including phenoxy) is 2. The summed E-state index contributed by atoms with van der Waals surface area (Å²) in [6, 6.07) is 7.71. The number of pyridine rings is 2. The summed E-state index contributed by atoms with van der Waals surface area (Å²) in [6.07, 6.45) is 8.74. The predicted molar refractivity (Wildman–Crippen MR) is 91.9 cm³/mol. The first-order valence-corrected chi connectivity index (χ1v) is 8.20. The van der Waals surface area contributed by atoms with Crippen LogP contribution in [0.1, 0.15) is 29.5 Å². The summed E-state index contributed by atoms with van der Waals surface area (Å²) in [5.41, 5.74) is 5.01. The molecular weight excluding hydrogens is 316 g/mol. The molecule has 3 aromatic rings. The van der Waals surface area contributed by atoms with Crippen molar-refractivity contribution in [3.8, 4) is 17.0 Å². The first kappa shape index (κ1) is 15.7. The zero-order chi connectivity index (χ0) is 17.1. The Morgan fingerprint density at radius 1 is 1.20 bits per heavy atom. The second-order valence-electron chi connectivity index (χ2n) is 5.87. The lowest BCUT2D eigenvalue weighted by molar-refractivity contribution is 0.101. The molecule has 0 bridgehead atoms. The van der Waals surface area contributed by atoms with Gasteiger partial charge < -0.3 is 9.47 Å². The van der Waals surface area contributed by atoms with E-state index in [0.717, 1.165) is 35.4 Å². The molecule has 0 aromatic carbocycles. The van der Waals surface area contributed by atoms with Gasteiger partial charge in [0.1, 0.15) is 12.9 Å². The number of methoxy groups -OCH3 is 1. The molecule has 6 nitrogen and oxygen atoms in total. The van der Waals surface area contributed by atoms with E-state index in [0.29, 0.717) is 12.5 Å². The third-order valence-electron chi connectivity index (χ3n) is 4.34. The van der Waals surface area contributed by atoms with E-state index in [-0.39, 0.29) is 6.10 Å². The van der Waals surface area contributed by atoms with E-state index in [9.17, 15) is 0 Å². The second kappa shape index (κ2) is 6.94. The molecule has 0 aliphatic heterocycles. The molecule has 6 heteroatoms. The number of hydrogen-bond acceptors (Lipinski definition) is 6. The average Bonchev–Trinajstić information content (AvgIpc) is 3.10. The molecule has 1 unspecified atom stereocenters. The van der Waals surface area contributed by atoms with Gasteiger partial charge in [-0.05, 0) is 36.1 Å². The highest BCUT2D eigenvalue weighted by atomic mass is 16.5. The Balaban J connectivity index is 1.70. The van der Waals surface area contributed by atoms with Crippen molar-refractivity contribution in [3.63, 3.8) is 0 Å². The van der Waals surface area contributed by atoms with Gasteiger partial charge in [-0.15, -0.1) is 0 Å². The van der Waals surface area contributed by atoms with Crippen LogP contribution in [0.3, 0.4) is 0 Å². The molecule has 4 rings (SSSR count). The molecule has 25 heavy (non-hydrogen) atoms. The summed E-state index contributed by atoms with van der Waals surface area (Å²) in [6.45, 7) is 0.370. The average molecular weight is 334 g/mol. The number of aromatic nitrogens is 4. The van der Waals surface area contributed by atoms with Crippen LogP contribution in [0.15, 0.2) is 49.2 Å². The molecule has 1 aliphatic carbocycles. The number of fused-ring (bicyclic) bond motifs is 1. The van der Waals surface area contributed by atoms with E-state index in [1.165, 1.54) is 11.9 Å². The lowest BCUT2D eigenvalue weighted by Gasteiger charge is -2.14. The van der Waals surface area contributed by atoms with Crippen LogP contribution in [0.4, 0.5) is 0 Å². The van der Waals surface area contributed by atoms with E-state index < -0.39 is 0 Å². The molecule has 0 amide bonds. The summed E-state index contributed by atoms with van der Waals surface area (Å²) in [5.74, 6) is 0.562. The van der Waals surface area contributed by atoms with Crippen molar-refractivity contribution in [2.75, 3.05) is 7.11 Å². The number of nitrogens with zero attached hydrogens (tertiary/aromatic N) is 4. The molecule has 0 N–H and O–H groups in total. The molecule has 1 aliphatic rings. The molecule has 0 fully saturated rings. The summed E-state index contributed by atoms with van der Waals surface area (Å²) in [4.78, 5) is 17.2. The van der Waals surface area contributed by atoms with Gasteiger partial charge in [-0.25, -0.2) is 15.0 Å². The Morgan fingerprint density at radius 2 is 2.08 bits per heavy atom. The van der Waals surface area contributed by atoms with E-state index in [1.807, 2.05) is 36.7 Å². The molecule has 0 saturated carbocycles. The molecule has 0 saturated heterocycles. The molecule has 1 atom stereocenters. The van der Waals surface area contributed by atoms with Crippen LogP contribution >= 0.6 is 0 Å². The fraction of sp³-hybridized carbons (Fsp3) is 0.263. The first-order valence-electron chi connectivity index (χ1n) is 8.20. The summed E-state index contributed by atoms with van der Waals surface area (Å²) >= 11 is 0. The van der Waals surface area contributed by atoms with Crippen molar-refractivity contribution in [2.24, 2.45) is 0 Å².